The second kappa shape index (κ2) is 10.9. The van der Waals surface area contributed by atoms with Crippen molar-refractivity contribution in [1.29, 1.82) is 0 Å². The highest BCUT2D eigenvalue weighted by Gasteiger charge is 2.46. The number of benzene rings is 7. The Hall–Kier alpha value is -5.76. The molecule has 0 radical (unpaired) electrons. The summed E-state index contributed by atoms with van der Waals surface area (Å²) in [6.45, 7) is 2.14. The van der Waals surface area contributed by atoms with E-state index >= 15 is 4.57 Å². The van der Waals surface area contributed by atoms with Crippen molar-refractivity contribution in [2.45, 2.75) is 18.8 Å². The first-order valence-electron chi connectivity index (χ1n) is 17.3. The van der Waals surface area contributed by atoms with Crippen molar-refractivity contribution in [3.05, 3.63) is 198 Å². The molecule has 1 atom stereocenters. The van der Waals surface area contributed by atoms with Gasteiger partial charge in [-0.2, -0.15) is 0 Å². The average molecular weight is 661 g/mol. The van der Waals surface area contributed by atoms with E-state index < -0.39 is 12.6 Å². The Kier molecular flexibility index (Phi) is 6.35. The summed E-state index contributed by atoms with van der Waals surface area (Å²) in [6, 6.07) is 60.2. The summed E-state index contributed by atoms with van der Waals surface area (Å²) in [5.41, 5.74) is 12.0. The molecule has 2 heterocycles. The minimum Gasteiger partial charge on any atom is -0.308 e. The zero-order chi connectivity index (χ0) is 33.5. The van der Waals surface area contributed by atoms with Gasteiger partial charge in [-0.15, -0.1) is 0 Å². The maximum atomic E-state index is 15.9. The number of hydrogen-bond donors (Lipinski definition) is 0. The van der Waals surface area contributed by atoms with Crippen LogP contribution in [0.25, 0.3) is 39.0 Å². The highest BCUT2D eigenvalue weighted by molar-refractivity contribution is 7.86. The van der Waals surface area contributed by atoms with Crippen molar-refractivity contribution in [3.63, 3.8) is 0 Å². The summed E-state index contributed by atoms with van der Waals surface area (Å²) in [5, 5.41) is 2.55. The molecule has 1 unspecified atom stereocenters. The Bertz CT molecular complexity index is 2620. The van der Waals surface area contributed by atoms with Gasteiger partial charge in [-0.3, -0.25) is 4.57 Å². The molecule has 238 valence electrons. The van der Waals surface area contributed by atoms with Crippen LogP contribution in [0.15, 0.2) is 170 Å². The summed E-state index contributed by atoms with van der Waals surface area (Å²) < 4.78 is 18.2. The minimum atomic E-state index is -3.25. The molecule has 1 aromatic heterocycles. The molecule has 0 spiro atoms. The lowest BCUT2D eigenvalue weighted by Gasteiger charge is -2.34. The molecule has 0 saturated heterocycles. The van der Waals surface area contributed by atoms with Crippen LogP contribution in [0.5, 0.6) is 0 Å². The monoisotopic (exact) mass is 660 g/mol. The lowest BCUT2D eigenvalue weighted by atomic mass is 9.67. The third-order valence-electron chi connectivity index (χ3n) is 10.8. The van der Waals surface area contributed by atoms with Crippen LogP contribution in [0.4, 0.5) is 0 Å². The standard InChI is InChI=1S/C46H33N2OP/c1-2-44-47-40-23-14-24-42-45(40)48(44)41-28-26-32(30-43(41)50(42,49)35-19-10-5-11-20-35)31-25-27-37-36-21-12-13-22-38(36)46(39(37)29-31,33-15-6-3-7-16-33)34-17-8-4-9-18-34/h3-30H,2H2,1H3. The van der Waals surface area contributed by atoms with Gasteiger partial charge in [-0.25, -0.2) is 4.98 Å². The summed E-state index contributed by atoms with van der Waals surface area (Å²) >= 11 is 0. The van der Waals surface area contributed by atoms with Gasteiger partial charge in [-0.05, 0) is 74.8 Å². The third-order valence-corrected chi connectivity index (χ3v) is 13.9. The van der Waals surface area contributed by atoms with E-state index in [1.807, 2.05) is 48.5 Å². The molecule has 0 N–H and O–H groups in total. The summed E-state index contributed by atoms with van der Waals surface area (Å²) in [4.78, 5) is 5.02. The zero-order valence-electron chi connectivity index (χ0n) is 27.6. The molecule has 7 aromatic carbocycles. The SMILES string of the molecule is CCc1nc2cccc3c2n1-c1ccc(-c2ccc4c(c2)C(c2ccccc2)(c2ccccc2)c2ccccc2-4)cc1P3(=O)c1ccccc1. The highest BCUT2D eigenvalue weighted by Crippen LogP contribution is 2.57. The maximum Gasteiger partial charge on any atom is 0.175 e. The van der Waals surface area contributed by atoms with E-state index in [0.717, 1.165) is 56.0 Å². The van der Waals surface area contributed by atoms with Crippen LogP contribution in [-0.4, -0.2) is 9.55 Å². The lowest BCUT2D eigenvalue weighted by Crippen LogP contribution is -2.33. The molecule has 0 fully saturated rings. The van der Waals surface area contributed by atoms with Crippen LogP contribution < -0.4 is 15.9 Å². The molecule has 3 nitrogen and oxygen atoms in total. The number of nitrogens with zero attached hydrogens (tertiary/aromatic N) is 2. The molecule has 4 heteroatoms. The quantitative estimate of drug-likeness (QED) is 0.172. The van der Waals surface area contributed by atoms with Crippen molar-refractivity contribution in [2.24, 2.45) is 0 Å². The van der Waals surface area contributed by atoms with E-state index in [4.69, 9.17) is 4.98 Å². The van der Waals surface area contributed by atoms with Gasteiger partial charge in [0.05, 0.1) is 22.1 Å². The molecule has 0 bridgehead atoms. The molecule has 8 aromatic rings. The minimum absolute atomic E-state index is 0.491. The first kappa shape index (κ1) is 29.2. The number of imidazole rings is 1. The normalized spacial score (nSPS) is 16.5. The van der Waals surface area contributed by atoms with E-state index in [1.54, 1.807) is 0 Å². The molecule has 2 aliphatic rings. The Labute approximate surface area is 291 Å². The topological polar surface area (TPSA) is 34.9 Å². The van der Waals surface area contributed by atoms with Gasteiger partial charge in [0.15, 0.2) is 7.14 Å². The van der Waals surface area contributed by atoms with Gasteiger partial charge in [0.1, 0.15) is 5.82 Å². The van der Waals surface area contributed by atoms with Crippen molar-refractivity contribution < 1.29 is 4.57 Å². The number of hydrogen-bond acceptors (Lipinski definition) is 2. The summed E-state index contributed by atoms with van der Waals surface area (Å²) in [5.74, 6) is 0.978. The molecule has 1 aliphatic heterocycles. The summed E-state index contributed by atoms with van der Waals surface area (Å²) in [7, 11) is -3.25. The average Bonchev–Trinajstić information content (AvgIpc) is 3.72. The van der Waals surface area contributed by atoms with Crippen molar-refractivity contribution in [2.75, 3.05) is 0 Å². The van der Waals surface area contributed by atoms with Crippen molar-refractivity contribution in [1.82, 2.24) is 9.55 Å². The van der Waals surface area contributed by atoms with Crippen LogP contribution in [-0.2, 0) is 16.4 Å². The molecule has 50 heavy (non-hydrogen) atoms. The molecule has 10 rings (SSSR count). The van der Waals surface area contributed by atoms with Gasteiger partial charge in [0.2, 0.25) is 0 Å². The smallest absolute Gasteiger partial charge is 0.175 e. The van der Waals surface area contributed by atoms with Gasteiger partial charge in [-0.1, -0.05) is 146 Å². The number of fused-ring (bicyclic) bond motifs is 5. The van der Waals surface area contributed by atoms with Crippen LogP contribution in [0.3, 0.4) is 0 Å². The largest absolute Gasteiger partial charge is 0.308 e. The van der Waals surface area contributed by atoms with Gasteiger partial charge in [0.25, 0.3) is 0 Å². The molecular weight excluding hydrogens is 627 g/mol. The van der Waals surface area contributed by atoms with Crippen molar-refractivity contribution >= 4 is 34.1 Å². The van der Waals surface area contributed by atoms with Gasteiger partial charge < -0.3 is 4.57 Å². The van der Waals surface area contributed by atoms with Crippen LogP contribution >= 0.6 is 7.14 Å². The van der Waals surface area contributed by atoms with E-state index in [1.165, 1.54) is 33.4 Å². The van der Waals surface area contributed by atoms with Gasteiger partial charge in [0, 0.05) is 22.3 Å². The first-order valence-corrected chi connectivity index (χ1v) is 19.0. The fourth-order valence-electron chi connectivity index (χ4n) is 8.72. The fourth-order valence-corrected chi connectivity index (χ4v) is 11.8. The zero-order valence-corrected chi connectivity index (χ0v) is 28.5. The first-order chi connectivity index (χ1) is 24.6. The predicted molar refractivity (Wildman–Crippen MR) is 206 cm³/mol. The Morgan fingerprint density at radius 3 is 1.92 bits per heavy atom. The lowest BCUT2D eigenvalue weighted by molar-refractivity contribution is 0.592. The number of rotatable bonds is 5. The molecule has 1 aliphatic carbocycles. The summed E-state index contributed by atoms with van der Waals surface area (Å²) in [6.07, 6.45) is 0.775. The van der Waals surface area contributed by atoms with E-state index in [2.05, 4.69) is 133 Å². The molecule has 0 saturated carbocycles. The number of aryl methyl sites for hydroxylation is 1. The van der Waals surface area contributed by atoms with E-state index in [0.29, 0.717) is 0 Å². The van der Waals surface area contributed by atoms with Crippen LogP contribution in [0, 0.1) is 0 Å². The van der Waals surface area contributed by atoms with E-state index in [9.17, 15) is 0 Å². The van der Waals surface area contributed by atoms with E-state index in [-0.39, 0.29) is 0 Å². The maximum absolute atomic E-state index is 15.9. The Morgan fingerprint density at radius 1 is 0.580 bits per heavy atom. The number of aromatic nitrogens is 2. The molecule has 0 amide bonds. The third kappa shape index (κ3) is 3.81. The second-order valence-corrected chi connectivity index (χ2v) is 16.0. The second-order valence-electron chi connectivity index (χ2n) is 13.3. The highest BCUT2D eigenvalue weighted by atomic mass is 31.2. The Morgan fingerprint density at radius 2 is 1.20 bits per heavy atom. The fraction of sp³-hybridized carbons (Fsp3) is 0.0652. The van der Waals surface area contributed by atoms with Crippen LogP contribution in [0.1, 0.15) is 35.0 Å². The molecular formula is C46H33N2OP. The number of para-hydroxylation sites is 1. The van der Waals surface area contributed by atoms with Gasteiger partial charge >= 0.3 is 0 Å². The van der Waals surface area contributed by atoms with Crippen molar-refractivity contribution in [3.8, 4) is 27.9 Å². The Balaban J connectivity index is 1.25. The van der Waals surface area contributed by atoms with Crippen LogP contribution in [0.2, 0.25) is 0 Å². The predicted octanol–water partition coefficient (Wildman–Crippen LogP) is 9.57.